The van der Waals surface area contributed by atoms with Gasteiger partial charge >= 0.3 is 0 Å². The molecule has 8 heteroatoms. The van der Waals surface area contributed by atoms with Crippen molar-refractivity contribution in [1.82, 2.24) is 25.1 Å². The molecule has 1 aliphatic heterocycles. The van der Waals surface area contributed by atoms with Gasteiger partial charge in [0.15, 0.2) is 11.0 Å². The van der Waals surface area contributed by atoms with E-state index in [2.05, 4.69) is 31.1 Å². The van der Waals surface area contributed by atoms with Crippen LogP contribution in [0, 0.1) is 0 Å². The molecule has 3 heterocycles. The Morgan fingerprint density at radius 3 is 2.85 bits per heavy atom. The second-order valence-electron chi connectivity index (χ2n) is 8.29. The van der Waals surface area contributed by atoms with Gasteiger partial charge in [-0.25, -0.2) is 0 Å². The number of nitrogens with zero attached hydrogens (tertiary/aromatic N) is 3. The first kappa shape index (κ1) is 21.7. The molecular weight excluding hydrogens is 434 g/mol. The summed E-state index contributed by atoms with van der Waals surface area (Å²) in [6.45, 7) is 3.45. The molecule has 0 saturated carbocycles. The van der Waals surface area contributed by atoms with E-state index < -0.39 is 0 Å². The minimum atomic E-state index is -0.0501. The minimum Gasteiger partial charge on any atom is -0.376 e. The Bertz CT molecular complexity index is 1230. The number of thioether (sulfide) groups is 1. The van der Waals surface area contributed by atoms with Gasteiger partial charge in [-0.1, -0.05) is 60.3 Å². The van der Waals surface area contributed by atoms with Crippen molar-refractivity contribution in [1.29, 1.82) is 0 Å². The first-order chi connectivity index (χ1) is 16.2. The normalized spacial score (nSPS) is 16.8. The first-order valence-electron chi connectivity index (χ1n) is 11.3. The molecule has 5 rings (SSSR count). The van der Waals surface area contributed by atoms with Crippen molar-refractivity contribution in [2.75, 3.05) is 12.4 Å². The zero-order valence-corrected chi connectivity index (χ0v) is 19.3. The van der Waals surface area contributed by atoms with Gasteiger partial charge in [0.1, 0.15) is 0 Å². The standard InChI is InChI=1S/C25H27N5O2S/c1-17(18-8-3-2-4-9-18)27-23(31)16-33-25-29-28-24(30(25)15-19-10-7-13-32-19)21-14-26-22-12-6-5-11-20(21)22/h2-6,8-9,11-12,14,17,19,26H,7,10,13,15-16H2,1H3,(H,27,31). The van der Waals surface area contributed by atoms with Crippen LogP contribution in [0.25, 0.3) is 22.3 Å². The number of hydrogen-bond acceptors (Lipinski definition) is 5. The van der Waals surface area contributed by atoms with Gasteiger partial charge in [-0.3, -0.25) is 9.36 Å². The van der Waals surface area contributed by atoms with Crippen LogP contribution in [-0.2, 0) is 16.1 Å². The highest BCUT2D eigenvalue weighted by Crippen LogP contribution is 2.31. The zero-order chi connectivity index (χ0) is 22.6. The molecule has 2 atom stereocenters. The Hall–Kier alpha value is -3.10. The number of ether oxygens (including phenoxy) is 1. The maximum Gasteiger partial charge on any atom is 0.230 e. The summed E-state index contributed by atoms with van der Waals surface area (Å²) in [5, 5.41) is 13.9. The third-order valence-corrected chi connectivity index (χ3v) is 6.93. The third kappa shape index (κ3) is 4.82. The van der Waals surface area contributed by atoms with Crippen molar-refractivity contribution in [3.05, 3.63) is 66.4 Å². The summed E-state index contributed by atoms with van der Waals surface area (Å²) in [6.07, 6.45) is 4.20. The Kier molecular flexibility index (Phi) is 6.46. The van der Waals surface area contributed by atoms with Gasteiger partial charge in [-0.15, -0.1) is 10.2 Å². The summed E-state index contributed by atoms with van der Waals surface area (Å²) in [5.74, 6) is 1.04. The molecule has 0 radical (unpaired) electrons. The van der Waals surface area contributed by atoms with E-state index >= 15 is 0 Å². The van der Waals surface area contributed by atoms with Gasteiger partial charge in [0.2, 0.25) is 5.91 Å². The molecule has 0 bridgehead atoms. The number of benzene rings is 2. The number of fused-ring (bicyclic) bond motifs is 1. The van der Waals surface area contributed by atoms with Gasteiger partial charge in [0, 0.05) is 29.3 Å². The number of hydrogen-bond donors (Lipinski definition) is 2. The lowest BCUT2D eigenvalue weighted by atomic mass is 10.1. The molecule has 33 heavy (non-hydrogen) atoms. The van der Waals surface area contributed by atoms with Crippen LogP contribution in [0.15, 0.2) is 66.0 Å². The van der Waals surface area contributed by atoms with Crippen LogP contribution in [0.1, 0.15) is 31.4 Å². The predicted molar refractivity (Wildman–Crippen MR) is 130 cm³/mol. The molecule has 0 aliphatic carbocycles. The van der Waals surface area contributed by atoms with E-state index in [1.54, 1.807) is 0 Å². The molecule has 1 aliphatic rings. The van der Waals surface area contributed by atoms with Crippen molar-refractivity contribution in [2.24, 2.45) is 0 Å². The largest absolute Gasteiger partial charge is 0.376 e. The second-order valence-corrected chi connectivity index (χ2v) is 9.23. The van der Waals surface area contributed by atoms with Crippen LogP contribution >= 0.6 is 11.8 Å². The Morgan fingerprint density at radius 2 is 2.03 bits per heavy atom. The Balaban J connectivity index is 1.35. The fourth-order valence-corrected chi connectivity index (χ4v) is 5.01. The highest BCUT2D eigenvalue weighted by Gasteiger charge is 2.23. The minimum absolute atomic E-state index is 0.0309. The summed E-state index contributed by atoms with van der Waals surface area (Å²) in [7, 11) is 0. The van der Waals surface area contributed by atoms with Gasteiger partial charge < -0.3 is 15.0 Å². The quantitative estimate of drug-likeness (QED) is 0.375. The van der Waals surface area contributed by atoms with Gasteiger partial charge in [0.05, 0.1) is 24.4 Å². The molecule has 1 amide bonds. The van der Waals surface area contributed by atoms with Crippen LogP contribution in [-0.4, -0.2) is 44.1 Å². The number of aromatic nitrogens is 4. The van der Waals surface area contributed by atoms with E-state index in [1.165, 1.54) is 11.8 Å². The summed E-state index contributed by atoms with van der Waals surface area (Å²) >= 11 is 1.41. The number of para-hydroxylation sites is 1. The smallest absolute Gasteiger partial charge is 0.230 e. The SMILES string of the molecule is CC(NC(=O)CSc1nnc(-c2c[nH]c3ccccc23)n1CC1CCCO1)c1ccccc1. The van der Waals surface area contributed by atoms with E-state index in [4.69, 9.17) is 4.74 Å². The number of rotatable bonds is 8. The molecule has 4 aromatic rings. The summed E-state index contributed by atoms with van der Waals surface area (Å²) < 4.78 is 8.00. The van der Waals surface area contributed by atoms with E-state index in [0.717, 1.165) is 52.5 Å². The number of aromatic amines is 1. The highest BCUT2D eigenvalue weighted by atomic mass is 32.2. The average molecular weight is 462 g/mol. The van der Waals surface area contributed by atoms with E-state index in [-0.39, 0.29) is 23.8 Å². The first-order valence-corrected chi connectivity index (χ1v) is 12.3. The number of amides is 1. The Morgan fingerprint density at radius 1 is 1.21 bits per heavy atom. The maximum atomic E-state index is 12.6. The van der Waals surface area contributed by atoms with Crippen LogP contribution in [0.2, 0.25) is 0 Å². The number of nitrogens with one attached hydrogen (secondary N) is 2. The van der Waals surface area contributed by atoms with Crippen LogP contribution in [0.5, 0.6) is 0 Å². The van der Waals surface area contributed by atoms with Crippen molar-refractivity contribution in [3.8, 4) is 11.4 Å². The van der Waals surface area contributed by atoms with Crippen molar-refractivity contribution < 1.29 is 9.53 Å². The lowest BCUT2D eigenvalue weighted by Crippen LogP contribution is -2.28. The van der Waals surface area contributed by atoms with E-state index in [0.29, 0.717) is 6.54 Å². The molecule has 2 aromatic heterocycles. The number of carbonyl (C=O) groups is 1. The lowest BCUT2D eigenvalue weighted by Gasteiger charge is -2.16. The molecule has 1 fully saturated rings. The van der Waals surface area contributed by atoms with Crippen LogP contribution < -0.4 is 5.32 Å². The van der Waals surface area contributed by atoms with Crippen molar-refractivity contribution in [3.63, 3.8) is 0 Å². The number of carbonyl (C=O) groups excluding carboxylic acids is 1. The van der Waals surface area contributed by atoms with Crippen molar-refractivity contribution >= 4 is 28.6 Å². The zero-order valence-electron chi connectivity index (χ0n) is 18.5. The highest BCUT2D eigenvalue weighted by molar-refractivity contribution is 7.99. The molecule has 170 valence electrons. The molecule has 2 unspecified atom stereocenters. The maximum absolute atomic E-state index is 12.6. The number of H-pyrrole nitrogens is 1. The van der Waals surface area contributed by atoms with Crippen LogP contribution in [0.4, 0.5) is 0 Å². The average Bonchev–Trinajstić information content (AvgIpc) is 3.59. The van der Waals surface area contributed by atoms with E-state index in [1.807, 2.05) is 61.7 Å². The molecular formula is C25H27N5O2S. The molecule has 0 spiro atoms. The van der Waals surface area contributed by atoms with Gasteiger partial charge in [0.25, 0.3) is 0 Å². The van der Waals surface area contributed by atoms with Gasteiger partial charge in [-0.2, -0.15) is 0 Å². The van der Waals surface area contributed by atoms with Gasteiger partial charge in [-0.05, 0) is 31.4 Å². The lowest BCUT2D eigenvalue weighted by molar-refractivity contribution is -0.119. The molecule has 7 nitrogen and oxygen atoms in total. The van der Waals surface area contributed by atoms with Crippen molar-refractivity contribution in [2.45, 2.75) is 43.6 Å². The monoisotopic (exact) mass is 461 g/mol. The summed E-state index contributed by atoms with van der Waals surface area (Å²) in [4.78, 5) is 16.0. The fourth-order valence-electron chi connectivity index (χ4n) is 4.25. The summed E-state index contributed by atoms with van der Waals surface area (Å²) in [5.41, 5.74) is 3.15. The second kappa shape index (κ2) is 9.80. The molecule has 2 aromatic carbocycles. The topological polar surface area (TPSA) is 84.8 Å². The summed E-state index contributed by atoms with van der Waals surface area (Å²) in [6, 6.07) is 18.1. The van der Waals surface area contributed by atoms with Crippen LogP contribution in [0.3, 0.4) is 0 Å². The Labute approximate surface area is 196 Å². The third-order valence-electron chi connectivity index (χ3n) is 5.97. The fraction of sp³-hybridized carbons (Fsp3) is 0.320. The predicted octanol–water partition coefficient (Wildman–Crippen LogP) is 4.57. The molecule has 1 saturated heterocycles. The molecule has 2 N–H and O–H groups in total. The van der Waals surface area contributed by atoms with E-state index in [9.17, 15) is 4.79 Å².